The lowest BCUT2D eigenvalue weighted by Gasteiger charge is -2.26. The SMILES string of the molecule is CSCCCC1(C)CN(C(=O)Nc2ccc(SC)cc2)N=C1c1ccc(Cl)cc1. The van der Waals surface area contributed by atoms with Crippen molar-refractivity contribution < 1.29 is 4.79 Å². The first-order chi connectivity index (χ1) is 13.9. The lowest BCUT2D eigenvalue weighted by atomic mass is 9.78. The zero-order valence-electron chi connectivity index (χ0n) is 16.9. The van der Waals surface area contributed by atoms with Crippen LogP contribution in [0.3, 0.4) is 0 Å². The fourth-order valence-electron chi connectivity index (χ4n) is 3.48. The van der Waals surface area contributed by atoms with E-state index >= 15 is 0 Å². The lowest BCUT2D eigenvalue weighted by molar-refractivity contribution is 0.206. The van der Waals surface area contributed by atoms with Crippen molar-refractivity contribution in [1.29, 1.82) is 0 Å². The van der Waals surface area contributed by atoms with Crippen molar-refractivity contribution in [3.63, 3.8) is 0 Å². The van der Waals surface area contributed by atoms with Gasteiger partial charge in [-0.3, -0.25) is 0 Å². The number of nitrogens with one attached hydrogen (secondary N) is 1. The zero-order valence-corrected chi connectivity index (χ0v) is 19.3. The Labute approximate surface area is 186 Å². The van der Waals surface area contributed by atoms with E-state index in [1.54, 1.807) is 16.8 Å². The molecule has 0 aliphatic carbocycles. The molecule has 0 aromatic heterocycles. The number of carbonyl (C=O) groups is 1. The van der Waals surface area contributed by atoms with E-state index in [1.165, 1.54) is 0 Å². The number of benzene rings is 2. The molecule has 1 heterocycles. The van der Waals surface area contributed by atoms with Gasteiger partial charge in [0.1, 0.15) is 0 Å². The quantitative estimate of drug-likeness (QED) is 0.391. The van der Waals surface area contributed by atoms with Crippen molar-refractivity contribution in [3.05, 3.63) is 59.1 Å². The maximum absolute atomic E-state index is 12.9. The average molecular weight is 448 g/mol. The third-order valence-corrected chi connectivity index (χ3v) is 6.75. The van der Waals surface area contributed by atoms with Crippen molar-refractivity contribution in [1.82, 2.24) is 5.01 Å². The number of halogens is 1. The summed E-state index contributed by atoms with van der Waals surface area (Å²) in [5.74, 6) is 1.09. The average Bonchev–Trinajstić information content (AvgIpc) is 3.07. The molecule has 0 saturated carbocycles. The maximum Gasteiger partial charge on any atom is 0.342 e. The molecule has 1 aliphatic heterocycles. The summed E-state index contributed by atoms with van der Waals surface area (Å²) in [6, 6.07) is 15.3. The molecule has 29 heavy (non-hydrogen) atoms. The lowest BCUT2D eigenvalue weighted by Crippen LogP contribution is -2.35. The van der Waals surface area contributed by atoms with Crippen LogP contribution in [-0.4, -0.2) is 41.6 Å². The van der Waals surface area contributed by atoms with E-state index in [4.69, 9.17) is 16.7 Å². The Balaban J connectivity index is 1.80. The van der Waals surface area contributed by atoms with Crippen LogP contribution in [0.1, 0.15) is 25.3 Å². The topological polar surface area (TPSA) is 44.7 Å². The summed E-state index contributed by atoms with van der Waals surface area (Å²) in [6.45, 7) is 2.76. The van der Waals surface area contributed by atoms with Crippen molar-refractivity contribution >= 4 is 52.6 Å². The van der Waals surface area contributed by atoms with Crippen LogP contribution in [0.25, 0.3) is 0 Å². The molecule has 2 aromatic carbocycles. The van der Waals surface area contributed by atoms with Crippen molar-refractivity contribution in [2.75, 3.05) is 30.1 Å². The number of rotatable bonds is 7. The van der Waals surface area contributed by atoms with Gasteiger partial charge < -0.3 is 5.32 Å². The summed E-state index contributed by atoms with van der Waals surface area (Å²) in [5.41, 5.74) is 2.54. The van der Waals surface area contributed by atoms with Crippen LogP contribution in [0.4, 0.5) is 10.5 Å². The van der Waals surface area contributed by atoms with E-state index in [0.717, 1.165) is 40.5 Å². The zero-order chi connectivity index (χ0) is 20.9. The van der Waals surface area contributed by atoms with E-state index in [9.17, 15) is 4.79 Å². The van der Waals surface area contributed by atoms with Crippen LogP contribution in [0.2, 0.25) is 5.02 Å². The number of thioether (sulfide) groups is 2. The number of hydrogen-bond donors (Lipinski definition) is 1. The van der Waals surface area contributed by atoms with Crippen LogP contribution in [-0.2, 0) is 0 Å². The number of hydrogen-bond acceptors (Lipinski definition) is 4. The number of carbonyl (C=O) groups excluding carboxylic acids is 1. The number of urea groups is 1. The Kier molecular flexibility index (Phi) is 7.55. The molecular weight excluding hydrogens is 422 g/mol. The summed E-state index contributed by atoms with van der Waals surface area (Å²) in [5, 5.41) is 9.96. The van der Waals surface area contributed by atoms with Gasteiger partial charge in [-0.25, -0.2) is 9.80 Å². The highest BCUT2D eigenvalue weighted by molar-refractivity contribution is 7.98. The second kappa shape index (κ2) is 9.92. The minimum Gasteiger partial charge on any atom is -0.306 e. The molecular formula is C22H26ClN3OS2. The molecule has 0 bridgehead atoms. The predicted octanol–water partition coefficient (Wildman–Crippen LogP) is 6.46. The fraction of sp³-hybridized carbons (Fsp3) is 0.364. The molecule has 0 saturated heterocycles. The number of anilines is 1. The predicted molar refractivity (Wildman–Crippen MR) is 128 cm³/mol. The van der Waals surface area contributed by atoms with Gasteiger partial charge in [0.2, 0.25) is 0 Å². The van der Waals surface area contributed by atoms with E-state index in [0.29, 0.717) is 11.6 Å². The minimum atomic E-state index is -0.207. The van der Waals surface area contributed by atoms with E-state index in [2.05, 4.69) is 18.5 Å². The standard InChI is InChI=1S/C22H26ClN3OS2/c1-22(13-4-14-28-2)15-26(25-20(22)16-5-7-17(23)8-6-16)21(27)24-18-9-11-19(29-3)12-10-18/h5-12H,4,13-15H2,1-3H3,(H,24,27). The maximum atomic E-state index is 12.9. The van der Waals surface area contributed by atoms with E-state index in [1.807, 2.05) is 66.5 Å². The van der Waals surface area contributed by atoms with Gasteiger partial charge in [0.25, 0.3) is 0 Å². The second-order valence-electron chi connectivity index (χ2n) is 7.33. The van der Waals surface area contributed by atoms with E-state index < -0.39 is 0 Å². The molecule has 2 aromatic rings. The number of amides is 2. The molecule has 1 unspecified atom stereocenters. The highest BCUT2D eigenvalue weighted by Crippen LogP contribution is 2.36. The summed E-state index contributed by atoms with van der Waals surface area (Å²) >= 11 is 9.58. The van der Waals surface area contributed by atoms with Crippen molar-refractivity contribution in [3.8, 4) is 0 Å². The largest absolute Gasteiger partial charge is 0.342 e. The van der Waals surface area contributed by atoms with Gasteiger partial charge in [0.05, 0.1) is 12.3 Å². The van der Waals surface area contributed by atoms with Crippen LogP contribution in [0.5, 0.6) is 0 Å². The molecule has 154 valence electrons. The normalized spacial score (nSPS) is 18.6. The van der Waals surface area contributed by atoms with E-state index in [-0.39, 0.29) is 11.4 Å². The first kappa shape index (κ1) is 22.1. The Morgan fingerprint density at radius 2 is 1.86 bits per heavy atom. The molecule has 0 radical (unpaired) electrons. The molecule has 3 rings (SSSR count). The van der Waals surface area contributed by atoms with Crippen LogP contribution >= 0.6 is 35.1 Å². The Morgan fingerprint density at radius 3 is 2.48 bits per heavy atom. The molecule has 1 atom stereocenters. The third kappa shape index (κ3) is 5.50. The summed E-state index contributed by atoms with van der Waals surface area (Å²) in [7, 11) is 0. The van der Waals surface area contributed by atoms with Gasteiger partial charge in [-0.15, -0.1) is 11.8 Å². The smallest absolute Gasteiger partial charge is 0.306 e. The first-order valence-electron chi connectivity index (χ1n) is 9.52. The molecule has 0 spiro atoms. The third-order valence-electron chi connectivity index (χ3n) is 5.06. The monoisotopic (exact) mass is 447 g/mol. The molecule has 2 amide bonds. The van der Waals surface area contributed by atoms with Gasteiger partial charge in [-0.1, -0.05) is 30.7 Å². The first-order valence-corrected chi connectivity index (χ1v) is 12.5. The van der Waals surface area contributed by atoms with Gasteiger partial charge in [0.15, 0.2) is 0 Å². The Bertz CT molecular complexity index is 871. The van der Waals surface area contributed by atoms with Gasteiger partial charge >= 0.3 is 6.03 Å². The molecule has 7 heteroatoms. The second-order valence-corrected chi connectivity index (χ2v) is 9.63. The van der Waals surface area contributed by atoms with Crippen LogP contribution in [0, 0.1) is 5.41 Å². The van der Waals surface area contributed by atoms with Crippen molar-refractivity contribution in [2.45, 2.75) is 24.7 Å². The van der Waals surface area contributed by atoms with Crippen LogP contribution < -0.4 is 5.32 Å². The summed E-state index contributed by atoms with van der Waals surface area (Å²) < 4.78 is 0. The highest BCUT2D eigenvalue weighted by Gasteiger charge is 2.40. The van der Waals surface area contributed by atoms with Crippen LogP contribution in [0.15, 0.2) is 58.5 Å². The molecule has 4 nitrogen and oxygen atoms in total. The van der Waals surface area contributed by atoms with Crippen molar-refractivity contribution in [2.24, 2.45) is 10.5 Å². The molecule has 1 aliphatic rings. The fourth-order valence-corrected chi connectivity index (χ4v) is 4.45. The highest BCUT2D eigenvalue weighted by atomic mass is 35.5. The molecule has 0 fully saturated rings. The summed E-state index contributed by atoms with van der Waals surface area (Å²) in [4.78, 5) is 14.1. The Morgan fingerprint density at radius 1 is 1.17 bits per heavy atom. The van der Waals surface area contributed by atoms with Gasteiger partial charge in [-0.2, -0.15) is 16.9 Å². The summed E-state index contributed by atoms with van der Waals surface area (Å²) in [6.07, 6.45) is 6.20. The van der Waals surface area contributed by atoms with Gasteiger partial charge in [-0.05, 0) is 73.1 Å². The number of hydrazone groups is 1. The van der Waals surface area contributed by atoms with Gasteiger partial charge in [0, 0.05) is 21.0 Å². The Hall–Kier alpha value is -1.63. The number of nitrogens with zero attached hydrogens (tertiary/aromatic N) is 2. The molecule has 1 N–H and O–H groups in total. The minimum absolute atomic E-state index is 0.191.